The predicted octanol–water partition coefficient (Wildman–Crippen LogP) is 3.80. The number of hydrogen-bond donors (Lipinski definition) is 0. The lowest BCUT2D eigenvalue weighted by atomic mass is 10.2. The van der Waals surface area contributed by atoms with E-state index in [1.807, 2.05) is 11.8 Å². The molecule has 0 N–H and O–H groups in total. The molecule has 17 heavy (non-hydrogen) atoms. The molecular formula is C15H20NS+. The van der Waals surface area contributed by atoms with E-state index in [0.717, 1.165) is 5.92 Å². The van der Waals surface area contributed by atoms with Crippen molar-refractivity contribution in [3.63, 3.8) is 0 Å². The van der Waals surface area contributed by atoms with Crippen molar-refractivity contribution in [1.29, 1.82) is 0 Å². The van der Waals surface area contributed by atoms with Crippen molar-refractivity contribution in [3.8, 4) is 0 Å². The molecule has 0 unspecified atom stereocenters. The highest BCUT2D eigenvalue weighted by molar-refractivity contribution is 7.99. The van der Waals surface area contributed by atoms with Crippen LogP contribution in [-0.4, -0.2) is 5.75 Å². The van der Waals surface area contributed by atoms with Crippen LogP contribution in [0.2, 0.25) is 0 Å². The van der Waals surface area contributed by atoms with Crippen molar-refractivity contribution < 1.29 is 4.57 Å². The van der Waals surface area contributed by atoms with E-state index in [1.165, 1.54) is 28.0 Å². The molecule has 0 atom stereocenters. The summed E-state index contributed by atoms with van der Waals surface area (Å²) in [6, 6.07) is 11.0. The zero-order chi connectivity index (χ0) is 12.3. The van der Waals surface area contributed by atoms with Crippen LogP contribution in [0.3, 0.4) is 0 Å². The first kappa shape index (κ1) is 12.4. The number of fused-ring (bicyclic) bond motifs is 1. The lowest BCUT2D eigenvalue weighted by Crippen LogP contribution is -2.27. The second kappa shape index (κ2) is 5.54. The molecule has 1 aromatic carbocycles. The number of nitrogens with zero attached hydrogens (tertiary/aromatic N) is 1. The number of aromatic nitrogens is 1. The van der Waals surface area contributed by atoms with Crippen LogP contribution in [0, 0.1) is 5.92 Å². The molecular weight excluding hydrogens is 226 g/mol. The van der Waals surface area contributed by atoms with Gasteiger partial charge in [0.15, 0.2) is 6.20 Å². The Bertz CT molecular complexity index is 505. The van der Waals surface area contributed by atoms with Gasteiger partial charge in [-0.05, 0) is 36.3 Å². The number of benzene rings is 1. The quantitative estimate of drug-likeness (QED) is 0.586. The van der Waals surface area contributed by atoms with Gasteiger partial charge in [0.05, 0.1) is 0 Å². The summed E-state index contributed by atoms with van der Waals surface area (Å²) in [5, 5.41) is 1.31. The lowest BCUT2D eigenvalue weighted by Gasteiger charge is -2.04. The van der Waals surface area contributed by atoms with Gasteiger partial charge < -0.3 is 0 Å². The molecule has 0 aliphatic carbocycles. The second-order valence-electron chi connectivity index (χ2n) is 4.87. The van der Waals surface area contributed by atoms with Crippen LogP contribution in [0.1, 0.15) is 20.3 Å². The molecule has 1 aromatic heterocycles. The van der Waals surface area contributed by atoms with E-state index in [0.29, 0.717) is 0 Å². The van der Waals surface area contributed by atoms with E-state index in [1.54, 1.807) is 0 Å². The maximum absolute atomic E-state index is 2.29. The minimum Gasteiger partial charge on any atom is -0.201 e. The molecule has 1 heterocycles. The fraction of sp³-hybridized carbons (Fsp3) is 0.400. The minimum absolute atomic E-state index is 0.791. The molecule has 0 aliphatic rings. The Morgan fingerprint density at radius 3 is 2.82 bits per heavy atom. The van der Waals surface area contributed by atoms with Crippen molar-refractivity contribution >= 4 is 22.7 Å². The summed E-state index contributed by atoms with van der Waals surface area (Å²) in [6.45, 7) is 4.56. The first-order valence-corrected chi connectivity index (χ1v) is 7.16. The van der Waals surface area contributed by atoms with Crippen LogP contribution in [0.15, 0.2) is 41.4 Å². The van der Waals surface area contributed by atoms with Gasteiger partial charge in [-0.25, -0.2) is 4.57 Å². The standard InChI is InChI=1S/C15H20NS/c1-12(2)8-10-17-14-7-6-13-5-4-9-16(3)15(13)11-14/h4-7,9,11-12H,8,10H2,1-3H3/q+1. The summed E-state index contributed by atoms with van der Waals surface area (Å²) < 4.78 is 2.18. The molecule has 0 radical (unpaired) electrons. The van der Waals surface area contributed by atoms with Crippen LogP contribution in [-0.2, 0) is 7.05 Å². The molecule has 2 heteroatoms. The predicted molar refractivity (Wildman–Crippen MR) is 75.3 cm³/mol. The van der Waals surface area contributed by atoms with Crippen LogP contribution in [0.4, 0.5) is 0 Å². The monoisotopic (exact) mass is 246 g/mol. The van der Waals surface area contributed by atoms with Gasteiger partial charge >= 0.3 is 0 Å². The van der Waals surface area contributed by atoms with Gasteiger partial charge in [-0.15, -0.1) is 11.8 Å². The molecule has 1 nitrogen and oxygen atoms in total. The third-order valence-electron chi connectivity index (χ3n) is 2.93. The van der Waals surface area contributed by atoms with Gasteiger partial charge in [-0.3, -0.25) is 0 Å². The minimum atomic E-state index is 0.791. The fourth-order valence-electron chi connectivity index (χ4n) is 1.83. The highest BCUT2D eigenvalue weighted by Gasteiger charge is 2.05. The summed E-state index contributed by atoms with van der Waals surface area (Å²) in [6.07, 6.45) is 3.38. The smallest absolute Gasteiger partial charge is 0.201 e. The van der Waals surface area contributed by atoms with E-state index in [9.17, 15) is 0 Å². The lowest BCUT2D eigenvalue weighted by molar-refractivity contribution is -0.645. The third-order valence-corrected chi connectivity index (χ3v) is 3.96. The van der Waals surface area contributed by atoms with Gasteiger partial charge in [0.1, 0.15) is 7.05 Å². The van der Waals surface area contributed by atoms with E-state index in [4.69, 9.17) is 0 Å². The Morgan fingerprint density at radius 1 is 1.24 bits per heavy atom. The van der Waals surface area contributed by atoms with Gasteiger partial charge in [0.2, 0.25) is 5.52 Å². The highest BCUT2D eigenvalue weighted by Crippen LogP contribution is 2.23. The fourth-order valence-corrected chi connectivity index (χ4v) is 3.01. The van der Waals surface area contributed by atoms with Crippen molar-refractivity contribution in [2.45, 2.75) is 25.2 Å². The second-order valence-corrected chi connectivity index (χ2v) is 6.04. The third kappa shape index (κ3) is 3.22. The SMILES string of the molecule is CC(C)CCSc1ccc2ccc[n+](C)c2c1. The normalized spacial score (nSPS) is 11.3. The molecule has 0 amide bonds. The largest absolute Gasteiger partial charge is 0.213 e. The van der Waals surface area contributed by atoms with Crippen molar-refractivity contribution in [2.75, 3.05) is 5.75 Å². The van der Waals surface area contributed by atoms with Gasteiger partial charge in [0.25, 0.3) is 0 Å². The summed E-state index contributed by atoms with van der Waals surface area (Å²) in [5.74, 6) is 2.00. The number of pyridine rings is 1. The Morgan fingerprint density at radius 2 is 2.06 bits per heavy atom. The topological polar surface area (TPSA) is 3.88 Å². The zero-order valence-corrected chi connectivity index (χ0v) is 11.6. The average molecular weight is 246 g/mol. The van der Waals surface area contributed by atoms with Crippen molar-refractivity contribution in [3.05, 3.63) is 36.5 Å². The molecule has 0 fully saturated rings. The summed E-state index contributed by atoms with van der Waals surface area (Å²) >= 11 is 1.96. The molecule has 2 aromatic rings. The number of rotatable bonds is 4. The number of hydrogen-bond acceptors (Lipinski definition) is 1. The molecule has 2 rings (SSSR count). The molecule has 0 saturated heterocycles. The number of thioether (sulfide) groups is 1. The van der Waals surface area contributed by atoms with Gasteiger partial charge in [0, 0.05) is 22.4 Å². The number of aryl methyl sites for hydroxylation is 1. The Balaban J connectivity index is 2.17. The van der Waals surface area contributed by atoms with Crippen LogP contribution in [0.25, 0.3) is 10.9 Å². The first-order valence-electron chi connectivity index (χ1n) is 6.18. The molecule has 90 valence electrons. The Labute approximate surface area is 108 Å². The maximum Gasteiger partial charge on any atom is 0.213 e. The maximum atomic E-state index is 2.29. The molecule has 0 aliphatic heterocycles. The summed E-state index contributed by atoms with van der Waals surface area (Å²) in [4.78, 5) is 1.37. The van der Waals surface area contributed by atoms with Crippen molar-refractivity contribution in [2.24, 2.45) is 13.0 Å². The zero-order valence-electron chi connectivity index (χ0n) is 10.8. The first-order chi connectivity index (χ1) is 8.16. The van der Waals surface area contributed by atoms with E-state index >= 15 is 0 Å². The highest BCUT2D eigenvalue weighted by atomic mass is 32.2. The van der Waals surface area contributed by atoms with Gasteiger partial charge in [-0.2, -0.15) is 0 Å². The van der Waals surface area contributed by atoms with E-state index in [-0.39, 0.29) is 0 Å². The summed E-state index contributed by atoms with van der Waals surface area (Å²) in [5.41, 5.74) is 1.31. The van der Waals surface area contributed by atoms with Crippen LogP contribution in [0.5, 0.6) is 0 Å². The van der Waals surface area contributed by atoms with E-state index in [2.05, 4.69) is 62.0 Å². The van der Waals surface area contributed by atoms with Crippen LogP contribution < -0.4 is 4.57 Å². The molecule has 0 saturated carbocycles. The van der Waals surface area contributed by atoms with Crippen LogP contribution >= 0.6 is 11.8 Å². The Hall–Kier alpha value is -1.02. The molecule has 0 spiro atoms. The average Bonchev–Trinajstić information content (AvgIpc) is 2.30. The van der Waals surface area contributed by atoms with E-state index < -0.39 is 0 Å². The van der Waals surface area contributed by atoms with Crippen molar-refractivity contribution in [1.82, 2.24) is 0 Å². The Kier molecular flexibility index (Phi) is 4.06. The molecule has 0 bridgehead atoms. The summed E-state index contributed by atoms with van der Waals surface area (Å²) in [7, 11) is 2.10. The van der Waals surface area contributed by atoms with Gasteiger partial charge in [-0.1, -0.05) is 13.8 Å².